The fourth-order valence-corrected chi connectivity index (χ4v) is 4.03. The van der Waals surface area contributed by atoms with Gasteiger partial charge in [0.05, 0.1) is 5.75 Å². The van der Waals surface area contributed by atoms with Crippen molar-refractivity contribution in [3.8, 4) is 0 Å². The number of hydrogen-bond donors (Lipinski definition) is 2. The molecule has 1 heterocycles. The van der Waals surface area contributed by atoms with Gasteiger partial charge in [0.15, 0.2) is 0 Å². The first-order chi connectivity index (χ1) is 9.94. The van der Waals surface area contributed by atoms with Crippen molar-refractivity contribution in [1.82, 2.24) is 4.98 Å². The van der Waals surface area contributed by atoms with Gasteiger partial charge in [-0.25, -0.2) is 13.4 Å². The first-order valence-electron chi connectivity index (χ1n) is 6.05. The van der Waals surface area contributed by atoms with E-state index in [-0.39, 0.29) is 5.75 Å². The average molecular weight is 388 g/mol. The Bertz CT molecular complexity index is 688. The number of pyridine rings is 1. The summed E-state index contributed by atoms with van der Waals surface area (Å²) in [7, 11) is -3.40. The van der Waals surface area contributed by atoms with E-state index in [4.69, 9.17) is 5.73 Å². The molecule has 8 heteroatoms. The van der Waals surface area contributed by atoms with Crippen LogP contribution in [0.4, 0.5) is 11.5 Å². The molecule has 0 aliphatic heterocycles. The Morgan fingerprint density at radius 3 is 2.52 bits per heavy atom. The zero-order chi connectivity index (χ0) is 15.3. The second-order valence-corrected chi connectivity index (χ2v) is 8.13. The highest BCUT2D eigenvalue weighted by molar-refractivity contribution is 9.10. The van der Waals surface area contributed by atoms with Crippen LogP contribution in [0, 0.1) is 0 Å². The lowest BCUT2D eigenvalue weighted by Crippen LogP contribution is -2.18. The van der Waals surface area contributed by atoms with Crippen LogP contribution in [0.15, 0.2) is 52.0 Å². The van der Waals surface area contributed by atoms with Crippen LogP contribution in [0.1, 0.15) is 0 Å². The number of rotatable bonds is 6. The van der Waals surface area contributed by atoms with Crippen molar-refractivity contribution in [3.05, 3.63) is 47.1 Å². The number of nitrogens with zero attached hydrogens (tertiary/aromatic N) is 1. The Morgan fingerprint density at radius 2 is 1.90 bits per heavy atom. The largest absolute Gasteiger partial charge is 0.399 e. The van der Waals surface area contributed by atoms with E-state index in [9.17, 15) is 8.42 Å². The first kappa shape index (κ1) is 16.1. The maximum atomic E-state index is 11.9. The molecule has 0 atom stereocenters. The normalized spacial score (nSPS) is 11.3. The molecule has 0 aliphatic carbocycles. The molecular formula is C13H14BrN3O2S2. The van der Waals surface area contributed by atoms with Crippen molar-refractivity contribution < 1.29 is 8.42 Å². The van der Waals surface area contributed by atoms with Crippen LogP contribution >= 0.6 is 27.7 Å². The fraction of sp³-hybridized carbons (Fsp3) is 0.154. The number of anilines is 2. The summed E-state index contributed by atoms with van der Waals surface area (Å²) in [5.41, 5.74) is 6.29. The van der Waals surface area contributed by atoms with Gasteiger partial charge in [-0.3, -0.25) is 4.72 Å². The van der Waals surface area contributed by atoms with Crippen molar-refractivity contribution >= 4 is 49.2 Å². The van der Waals surface area contributed by atoms with Crippen molar-refractivity contribution in [2.45, 2.75) is 4.90 Å². The quantitative estimate of drug-likeness (QED) is 0.587. The first-order valence-corrected chi connectivity index (χ1v) is 9.48. The standard InChI is InChI=1S/C13H14BrN3O2S2/c14-10-1-6-13(16-9-10)17-21(18,19)8-7-20-12-4-2-11(15)3-5-12/h1-6,9H,7-8,15H2,(H,16,17). The van der Waals surface area contributed by atoms with E-state index in [2.05, 4.69) is 25.6 Å². The summed E-state index contributed by atoms with van der Waals surface area (Å²) in [5, 5.41) is 0. The van der Waals surface area contributed by atoms with Gasteiger partial charge >= 0.3 is 0 Å². The predicted molar refractivity (Wildman–Crippen MR) is 90.9 cm³/mol. The summed E-state index contributed by atoms with van der Waals surface area (Å²) in [6, 6.07) is 10.7. The number of benzene rings is 1. The molecule has 0 unspecified atom stereocenters. The van der Waals surface area contributed by atoms with E-state index in [1.165, 1.54) is 11.8 Å². The number of hydrogen-bond acceptors (Lipinski definition) is 5. The van der Waals surface area contributed by atoms with Crippen molar-refractivity contribution in [2.75, 3.05) is 22.0 Å². The zero-order valence-electron chi connectivity index (χ0n) is 11.0. The molecule has 112 valence electrons. The van der Waals surface area contributed by atoms with E-state index in [0.29, 0.717) is 17.3 Å². The van der Waals surface area contributed by atoms with Gasteiger partial charge in [0.2, 0.25) is 10.0 Å². The molecule has 2 aromatic rings. The van der Waals surface area contributed by atoms with E-state index in [1.54, 1.807) is 30.5 Å². The number of thioether (sulfide) groups is 1. The highest BCUT2D eigenvalue weighted by Gasteiger charge is 2.11. The summed E-state index contributed by atoms with van der Waals surface area (Å²) in [6.45, 7) is 0. The Labute approximate surface area is 136 Å². The average Bonchev–Trinajstić information content (AvgIpc) is 2.43. The molecule has 1 aromatic heterocycles. The Morgan fingerprint density at radius 1 is 1.19 bits per heavy atom. The molecule has 0 amide bonds. The maximum absolute atomic E-state index is 11.9. The number of sulfonamides is 1. The molecule has 0 radical (unpaired) electrons. The van der Waals surface area contributed by atoms with Gasteiger partial charge < -0.3 is 5.73 Å². The van der Waals surface area contributed by atoms with Crippen LogP contribution in [0.2, 0.25) is 0 Å². The molecular weight excluding hydrogens is 374 g/mol. The molecule has 0 aliphatic rings. The van der Waals surface area contributed by atoms with Gasteiger partial charge in [-0.15, -0.1) is 11.8 Å². The second-order valence-electron chi connectivity index (χ2n) is 4.20. The Hall–Kier alpha value is -1.25. The minimum absolute atomic E-state index is 0.0137. The topological polar surface area (TPSA) is 85.1 Å². The minimum atomic E-state index is -3.40. The predicted octanol–water partition coefficient (Wildman–Crippen LogP) is 2.96. The maximum Gasteiger partial charge on any atom is 0.234 e. The summed E-state index contributed by atoms with van der Waals surface area (Å²) in [6.07, 6.45) is 1.54. The Balaban J connectivity index is 1.86. The molecule has 0 saturated heterocycles. The smallest absolute Gasteiger partial charge is 0.234 e. The number of nitrogens with one attached hydrogen (secondary N) is 1. The molecule has 0 bridgehead atoms. The van der Waals surface area contributed by atoms with Crippen molar-refractivity contribution in [2.24, 2.45) is 0 Å². The van der Waals surface area contributed by atoms with Gasteiger partial charge in [0.25, 0.3) is 0 Å². The zero-order valence-corrected chi connectivity index (χ0v) is 14.2. The van der Waals surface area contributed by atoms with Gasteiger partial charge in [-0.2, -0.15) is 0 Å². The summed E-state index contributed by atoms with van der Waals surface area (Å²) in [5.74, 6) is 0.783. The molecule has 0 saturated carbocycles. The molecule has 0 spiro atoms. The highest BCUT2D eigenvalue weighted by atomic mass is 79.9. The number of nitrogens with two attached hydrogens (primary N) is 1. The van der Waals surface area contributed by atoms with E-state index >= 15 is 0 Å². The molecule has 3 N–H and O–H groups in total. The lowest BCUT2D eigenvalue weighted by molar-refractivity contribution is 0.602. The van der Waals surface area contributed by atoms with E-state index < -0.39 is 10.0 Å². The van der Waals surface area contributed by atoms with Gasteiger partial charge in [-0.1, -0.05) is 0 Å². The summed E-state index contributed by atoms with van der Waals surface area (Å²) >= 11 is 4.71. The monoisotopic (exact) mass is 387 g/mol. The lowest BCUT2D eigenvalue weighted by Gasteiger charge is -2.07. The summed E-state index contributed by atoms with van der Waals surface area (Å²) in [4.78, 5) is 4.97. The molecule has 1 aromatic carbocycles. The third kappa shape index (κ3) is 5.56. The lowest BCUT2D eigenvalue weighted by atomic mass is 10.3. The van der Waals surface area contributed by atoms with Crippen molar-refractivity contribution in [1.29, 1.82) is 0 Å². The van der Waals surface area contributed by atoms with Crippen LogP contribution < -0.4 is 10.5 Å². The van der Waals surface area contributed by atoms with Crippen LogP contribution in [-0.2, 0) is 10.0 Å². The second kappa shape index (κ2) is 7.15. The third-order valence-electron chi connectivity index (χ3n) is 2.49. The van der Waals surface area contributed by atoms with E-state index in [0.717, 1.165) is 9.37 Å². The van der Waals surface area contributed by atoms with Crippen LogP contribution in [0.25, 0.3) is 0 Å². The van der Waals surface area contributed by atoms with Crippen molar-refractivity contribution in [3.63, 3.8) is 0 Å². The fourth-order valence-electron chi connectivity index (χ4n) is 1.48. The van der Waals surface area contributed by atoms with Crippen LogP contribution in [0.5, 0.6) is 0 Å². The molecule has 0 fully saturated rings. The SMILES string of the molecule is Nc1ccc(SCCS(=O)(=O)Nc2ccc(Br)cn2)cc1. The van der Waals surface area contributed by atoms with Crippen LogP contribution in [0.3, 0.4) is 0 Å². The third-order valence-corrected chi connectivity index (χ3v) is 5.49. The molecule has 5 nitrogen and oxygen atoms in total. The molecule has 2 rings (SSSR count). The Kier molecular flexibility index (Phi) is 5.49. The molecule has 21 heavy (non-hydrogen) atoms. The number of nitrogen functional groups attached to an aromatic ring is 1. The number of halogens is 1. The number of aromatic nitrogens is 1. The minimum Gasteiger partial charge on any atom is -0.399 e. The summed E-state index contributed by atoms with van der Waals surface area (Å²) < 4.78 is 27.1. The van der Waals surface area contributed by atoms with E-state index in [1.807, 2.05) is 12.1 Å². The van der Waals surface area contributed by atoms with Crippen LogP contribution in [-0.4, -0.2) is 24.9 Å². The van der Waals surface area contributed by atoms with Gasteiger partial charge in [-0.05, 0) is 52.3 Å². The van der Waals surface area contributed by atoms with Gasteiger partial charge in [0.1, 0.15) is 5.82 Å². The highest BCUT2D eigenvalue weighted by Crippen LogP contribution is 2.19. The van der Waals surface area contributed by atoms with Gasteiger partial charge in [0, 0.05) is 27.0 Å².